The first kappa shape index (κ1) is 13.2. The van der Waals surface area contributed by atoms with Crippen molar-refractivity contribution < 1.29 is 9.53 Å². The largest absolute Gasteiger partial charge is 0.380 e. The molecule has 1 heterocycles. The van der Waals surface area contributed by atoms with E-state index in [1.807, 2.05) is 6.08 Å². The highest BCUT2D eigenvalue weighted by Gasteiger charge is 2.15. The summed E-state index contributed by atoms with van der Waals surface area (Å²) in [5, 5.41) is 6.23. The number of carbonyl (C=O) groups is 1. The van der Waals surface area contributed by atoms with Crippen LogP contribution in [0.3, 0.4) is 0 Å². The number of hydrogen-bond donors (Lipinski definition) is 2. The summed E-state index contributed by atoms with van der Waals surface area (Å²) in [4.78, 5) is 11.3. The minimum atomic E-state index is 0.155. The van der Waals surface area contributed by atoms with Gasteiger partial charge in [-0.15, -0.1) is 6.58 Å². The van der Waals surface area contributed by atoms with Gasteiger partial charge in [0, 0.05) is 25.6 Å². The van der Waals surface area contributed by atoms with Crippen LogP contribution in [0.4, 0.5) is 0 Å². The molecule has 0 saturated carbocycles. The molecule has 1 rings (SSSR count). The lowest BCUT2D eigenvalue weighted by Gasteiger charge is -2.14. The number of hydrogen-bond acceptors (Lipinski definition) is 3. The first-order valence-corrected chi connectivity index (χ1v) is 6.01. The fourth-order valence-electron chi connectivity index (χ4n) is 1.75. The monoisotopic (exact) mass is 226 g/mol. The number of rotatable bonds is 7. The van der Waals surface area contributed by atoms with Gasteiger partial charge in [0.25, 0.3) is 0 Å². The topological polar surface area (TPSA) is 50.4 Å². The van der Waals surface area contributed by atoms with Crippen molar-refractivity contribution in [1.82, 2.24) is 10.6 Å². The molecule has 92 valence electrons. The van der Waals surface area contributed by atoms with Crippen LogP contribution in [0.25, 0.3) is 0 Å². The molecule has 4 nitrogen and oxygen atoms in total. The predicted octanol–water partition coefficient (Wildman–Crippen LogP) is 0.837. The van der Waals surface area contributed by atoms with Crippen molar-refractivity contribution >= 4 is 5.91 Å². The molecule has 1 amide bonds. The van der Waals surface area contributed by atoms with E-state index in [1.165, 1.54) is 0 Å². The molecule has 0 aromatic rings. The molecule has 0 bridgehead atoms. The zero-order chi connectivity index (χ0) is 11.6. The maximum atomic E-state index is 11.3. The van der Waals surface area contributed by atoms with Crippen molar-refractivity contribution in [3.8, 4) is 0 Å². The number of ether oxygens (including phenoxy) is 1. The first-order chi connectivity index (χ1) is 7.83. The average Bonchev–Trinajstić information content (AvgIpc) is 2.48. The Morgan fingerprint density at radius 1 is 1.56 bits per heavy atom. The summed E-state index contributed by atoms with van der Waals surface area (Å²) in [5.74, 6) is 0.155. The molecule has 0 radical (unpaired) electrons. The van der Waals surface area contributed by atoms with Gasteiger partial charge in [0.15, 0.2) is 0 Å². The molecular weight excluding hydrogens is 204 g/mol. The van der Waals surface area contributed by atoms with E-state index in [4.69, 9.17) is 4.74 Å². The first-order valence-electron chi connectivity index (χ1n) is 6.01. The van der Waals surface area contributed by atoms with Crippen LogP contribution in [0.15, 0.2) is 12.7 Å². The molecule has 0 aliphatic carbocycles. The summed E-state index contributed by atoms with van der Waals surface area (Å²) in [6, 6.07) is 0.311. The maximum Gasteiger partial charge on any atom is 0.221 e. The summed E-state index contributed by atoms with van der Waals surface area (Å²) in [6.07, 6.45) is 5.45. The highest BCUT2D eigenvalue weighted by Crippen LogP contribution is 2.05. The lowest BCUT2D eigenvalue weighted by molar-refractivity contribution is -0.121. The van der Waals surface area contributed by atoms with Crippen molar-refractivity contribution in [2.24, 2.45) is 0 Å². The van der Waals surface area contributed by atoms with E-state index >= 15 is 0 Å². The van der Waals surface area contributed by atoms with E-state index < -0.39 is 0 Å². The second-order valence-electron chi connectivity index (χ2n) is 4.04. The van der Waals surface area contributed by atoms with Crippen LogP contribution in [-0.4, -0.2) is 38.3 Å². The van der Waals surface area contributed by atoms with Crippen LogP contribution in [0, 0.1) is 0 Å². The quantitative estimate of drug-likeness (QED) is 0.499. The Morgan fingerprint density at radius 3 is 3.25 bits per heavy atom. The van der Waals surface area contributed by atoms with E-state index in [2.05, 4.69) is 17.2 Å². The van der Waals surface area contributed by atoms with Crippen molar-refractivity contribution in [3.05, 3.63) is 12.7 Å². The molecule has 1 atom stereocenters. The van der Waals surface area contributed by atoms with Gasteiger partial charge in [0.05, 0.1) is 13.2 Å². The lowest BCUT2D eigenvalue weighted by atomic mass is 10.1. The minimum Gasteiger partial charge on any atom is -0.380 e. The van der Waals surface area contributed by atoms with Crippen molar-refractivity contribution in [2.75, 3.05) is 26.3 Å². The Kier molecular flexibility index (Phi) is 6.85. The summed E-state index contributed by atoms with van der Waals surface area (Å²) in [5.41, 5.74) is 0. The Balaban J connectivity index is 2.02. The van der Waals surface area contributed by atoms with E-state index in [9.17, 15) is 4.79 Å². The molecular formula is C12H22N2O2. The molecule has 0 aromatic heterocycles. The van der Waals surface area contributed by atoms with Crippen LogP contribution in [0.2, 0.25) is 0 Å². The van der Waals surface area contributed by atoms with Gasteiger partial charge in [-0.05, 0) is 19.3 Å². The smallest absolute Gasteiger partial charge is 0.221 e. The molecule has 1 unspecified atom stereocenters. The second-order valence-corrected chi connectivity index (χ2v) is 4.04. The minimum absolute atomic E-state index is 0.155. The zero-order valence-corrected chi connectivity index (χ0v) is 9.84. The Morgan fingerprint density at radius 2 is 2.44 bits per heavy atom. The fraction of sp³-hybridized carbons (Fsp3) is 0.750. The molecule has 2 N–H and O–H groups in total. The van der Waals surface area contributed by atoms with Gasteiger partial charge in [-0.1, -0.05) is 6.08 Å². The summed E-state index contributed by atoms with van der Waals surface area (Å²) >= 11 is 0. The van der Waals surface area contributed by atoms with Gasteiger partial charge < -0.3 is 15.4 Å². The third kappa shape index (κ3) is 5.88. The Bertz CT molecular complexity index is 219. The maximum absolute atomic E-state index is 11.3. The highest BCUT2D eigenvalue weighted by atomic mass is 16.5. The van der Waals surface area contributed by atoms with Gasteiger partial charge in [0.2, 0.25) is 5.91 Å². The normalized spacial score (nSPS) is 21.2. The van der Waals surface area contributed by atoms with Crippen molar-refractivity contribution in [1.29, 1.82) is 0 Å². The molecule has 1 aliphatic heterocycles. The van der Waals surface area contributed by atoms with E-state index in [0.29, 0.717) is 19.1 Å². The molecule has 16 heavy (non-hydrogen) atoms. The third-order valence-corrected chi connectivity index (χ3v) is 2.63. The van der Waals surface area contributed by atoms with E-state index in [0.717, 1.165) is 39.0 Å². The van der Waals surface area contributed by atoms with Crippen LogP contribution < -0.4 is 10.6 Å². The molecule has 4 heteroatoms. The average molecular weight is 226 g/mol. The van der Waals surface area contributed by atoms with E-state index in [1.54, 1.807) is 0 Å². The molecule has 1 saturated heterocycles. The predicted molar refractivity (Wildman–Crippen MR) is 64.3 cm³/mol. The van der Waals surface area contributed by atoms with Crippen LogP contribution in [0.1, 0.15) is 25.7 Å². The molecule has 0 spiro atoms. The van der Waals surface area contributed by atoms with Gasteiger partial charge in [-0.25, -0.2) is 0 Å². The van der Waals surface area contributed by atoms with Gasteiger partial charge >= 0.3 is 0 Å². The summed E-state index contributed by atoms with van der Waals surface area (Å²) in [7, 11) is 0. The Hall–Kier alpha value is -0.870. The SMILES string of the molecule is C=CCCOCCNC1CCCNC(=O)C1. The highest BCUT2D eigenvalue weighted by molar-refractivity contribution is 5.76. The van der Waals surface area contributed by atoms with Crippen LogP contribution in [-0.2, 0) is 9.53 Å². The third-order valence-electron chi connectivity index (χ3n) is 2.63. The van der Waals surface area contributed by atoms with E-state index in [-0.39, 0.29) is 5.91 Å². The lowest BCUT2D eigenvalue weighted by Crippen LogP contribution is -2.34. The summed E-state index contributed by atoms with van der Waals surface area (Å²) < 4.78 is 5.39. The van der Waals surface area contributed by atoms with Gasteiger partial charge in [-0.3, -0.25) is 4.79 Å². The summed E-state index contributed by atoms with van der Waals surface area (Å²) in [6.45, 7) is 6.69. The number of amides is 1. The fourth-order valence-corrected chi connectivity index (χ4v) is 1.75. The van der Waals surface area contributed by atoms with Crippen LogP contribution >= 0.6 is 0 Å². The van der Waals surface area contributed by atoms with Crippen LogP contribution in [0.5, 0.6) is 0 Å². The van der Waals surface area contributed by atoms with Crippen molar-refractivity contribution in [3.63, 3.8) is 0 Å². The molecule has 1 aliphatic rings. The zero-order valence-electron chi connectivity index (χ0n) is 9.84. The second kappa shape index (κ2) is 8.30. The molecule has 1 fully saturated rings. The van der Waals surface area contributed by atoms with Gasteiger partial charge in [-0.2, -0.15) is 0 Å². The molecule has 0 aromatic carbocycles. The number of nitrogens with one attached hydrogen (secondary N) is 2. The number of carbonyl (C=O) groups excluding carboxylic acids is 1. The van der Waals surface area contributed by atoms with Gasteiger partial charge in [0.1, 0.15) is 0 Å². The van der Waals surface area contributed by atoms with Crippen molar-refractivity contribution in [2.45, 2.75) is 31.7 Å². The standard InChI is InChI=1S/C12H22N2O2/c1-2-3-8-16-9-7-13-11-5-4-6-14-12(15)10-11/h2,11,13H,1,3-10H2,(H,14,15). The Labute approximate surface area is 97.4 Å².